The normalized spacial score (nSPS) is 11.7. The summed E-state index contributed by atoms with van der Waals surface area (Å²) in [4.78, 5) is 18.3. The van der Waals surface area contributed by atoms with Crippen molar-refractivity contribution in [2.24, 2.45) is 0 Å². The van der Waals surface area contributed by atoms with E-state index in [1.807, 2.05) is 109 Å². The first-order valence-electron chi connectivity index (χ1n) is 16.8. The van der Waals surface area contributed by atoms with E-state index in [2.05, 4.69) is 63.4 Å². The molecule has 51 heavy (non-hydrogen) atoms. The highest BCUT2D eigenvalue weighted by atomic mass is 79.9. The van der Waals surface area contributed by atoms with Gasteiger partial charge >= 0.3 is 0 Å². The number of hydrogen-bond donors (Lipinski definition) is 0. The number of fused-ring (bicyclic) bond motifs is 1. The van der Waals surface area contributed by atoms with Gasteiger partial charge in [-0.05, 0) is 62.5 Å². The molecule has 0 N–H and O–H groups in total. The fourth-order valence-electron chi connectivity index (χ4n) is 7.03. The Balaban J connectivity index is 1.24. The van der Waals surface area contributed by atoms with Crippen molar-refractivity contribution in [2.75, 3.05) is 0 Å². The number of halogens is 1. The SMILES string of the molecule is CCc1nc(C)c(C=O)n1Cc1ccc2oc(-c3ccccc3-c3nnn(C(c4ccccc4)(c4ccccc4)c4ccccc4)n3)c(Br)c2c1. The van der Waals surface area contributed by atoms with Gasteiger partial charge in [0, 0.05) is 29.5 Å². The second-order valence-corrected chi connectivity index (χ2v) is 13.2. The number of aryl methyl sites for hydroxylation is 2. The minimum Gasteiger partial charge on any atom is -0.455 e. The summed E-state index contributed by atoms with van der Waals surface area (Å²) >= 11 is 3.87. The third kappa shape index (κ3) is 5.50. The van der Waals surface area contributed by atoms with Crippen LogP contribution in [0.25, 0.3) is 33.7 Å². The van der Waals surface area contributed by atoms with Crippen LogP contribution in [0.1, 0.15) is 51.2 Å². The molecule has 0 radical (unpaired) electrons. The van der Waals surface area contributed by atoms with Crippen LogP contribution in [-0.2, 0) is 18.5 Å². The first-order valence-corrected chi connectivity index (χ1v) is 17.6. The summed E-state index contributed by atoms with van der Waals surface area (Å²) in [5.41, 5.74) is 6.84. The summed E-state index contributed by atoms with van der Waals surface area (Å²) in [6, 6.07) is 44.9. The number of nitrogens with zero attached hydrogens (tertiary/aromatic N) is 6. The predicted molar refractivity (Wildman–Crippen MR) is 202 cm³/mol. The van der Waals surface area contributed by atoms with Crippen LogP contribution in [-0.4, -0.2) is 36.0 Å². The van der Waals surface area contributed by atoms with E-state index < -0.39 is 5.54 Å². The molecule has 0 aliphatic rings. The topological polar surface area (TPSA) is 91.6 Å². The summed E-state index contributed by atoms with van der Waals surface area (Å²) in [6.45, 7) is 4.44. The number of aromatic nitrogens is 6. The molecule has 0 atom stereocenters. The average molecular weight is 734 g/mol. The molecule has 0 fully saturated rings. The number of carbonyl (C=O) groups excluding carboxylic acids is 1. The molecule has 250 valence electrons. The van der Waals surface area contributed by atoms with Gasteiger partial charge in [-0.3, -0.25) is 4.79 Å². The molecule has 9 heteroatoms. The first-order chi connectivity index (χ1) is 25.0. The van der Waals surface area contributed by atoms with E-state index in [0.717, 1.165) is 73.0 Å². The molecule has 0 unspecified atom stereocenters. The lowest BCUT2D eigenvalue weighted by Crippen LogP contribution is -2.39. The van der Waals surface area contributed by atoms with Crippen molar-refractivity contribution < 1.29 is 9.21 Å². The molecule has 8 nitrogen and oxygen atoms in total. The summed E-state index contributed by atoms with van der Waals surface area (Å²) in [5.74, 6) is 2.01. The lowest BCUT2D eigenvalue weighted by atomic mass is 9.77. The molecule has 5 aromatic carbocycles. The Morgan fingerprint density at radius 3 is 1.96 bits per heavy atom. The van der Waals surface area contributed by atoms with Crippen LogP contribution in [0, 0.1) is 6.92 Å². The molecule has 0 saturated heterocycles. The fraction of sp³-hybridized carbons (Fsp3) is 0.119. The van der Waals surface area contributed by atoms with Gasteiger partial charge in [-0.25, -0.2) is 4.98 Å². The van der Waals surface area contributed by atoms with Crippen molar-refractivity contribution in [3.8, 4) is 22.7 Å². The molecule has 0 spiro atoms. The quantitative estimate of drug-likeness (QED) is 0.103. The van der Waals surface area contributed by atoms with Gasteiger partial charge in [0.1, 0.15) is 22.9 Å². The fourth-order valence-corrected chi connectivity index (χ4v) is 7.64. The van der Waals surface area contributed by atoms with Gasteiger partial charge in [0.2, 0.25) is 5.82 Å². The molecule has 8 rings (SSSR count). The average Bonchev–Trinajstić information content (AvgIpc) is 3.89. The molecular weight excluding hydrogens is 700 g/mol. The van der Waals surface area contributed by atoms with Gasteiger partial charge in [-0.15, -0.1) is 15.0 Å². The Morgan fingerprint density at radius 2 is 1.37 bits per heavy atom. The van der Waals surface area contributed by atoms with Crippen molar-refractivity contribution >= 4 is 33.2 Å². The maximum absolute atomic E-state index is 11.9. The molecule has 3 aromatic heterocycles. The molecule has 0 bridgehead atoms. The molecule has 8 aromatic rings. The molecular formula is C42H33BrN6O2. The smallest absolute Gasteiger partial charge is 0.205 e. The highest BCUT2D eigenvalue weighted by molar-refractivity contribution is 9.10. The van der Waals surface area contributed by atoms with E-state index in [-0.39, 0.29) is 0 Å². The summed E-state index contributed by atoms with van der Waals surface area (Å²) in [5, 5.41) is 15.5. The predicted octanol–water partition coefficient (Wildman–Crippen LogP) is 9.28. The number of tetrazole rings is 1. The maximum atomic E-state index is 11.9. The lowest BCUT2D eigenvalue weighted by molar-refractivity contribution is 0.111. The Bertz CT molecular complexity index is 2390. The van der Waals surface area contributed by atoms with Gasteiger partial charge in [0.05, 0.1) is 10.2 Å². The van der Waals surface area contributed by atoms with Crippen LogP contribution >= 0.6 is 15.9 Å². The van der Waals surface area contributed by atoms with Crippen molar-refractivity contribution in [3.05, 3.63) is 177 Å². The zero-order chi connectivity index (χ0) is 35.0. The third-order valence-electron chi connectivity index (χ3n) is 9.43. The zero-order valence-electron chi connectivity index (χ0n) is 28.1. The molecule has 3 heterocycles. The summed E-state index contributed by atoms with van der Waals surface area (Å²) < 4.78 is 9.33. The highest BCUT2D eigenvalue weighted by Crippen LogP contribution is 2.43. The van der Waals surface area contributed by atoms with Crippen molar-refractivity contribution in [1.82, 2.24) is 29.8 Å². The van der Waals surface area contributed by atoms with Gasteiger partial charge in [0.25, 0.3) is 0 Å². The third-order valence-corrected chi connectivity index (χ3v) is 10.2. The Labute approximate surface area is 303 Å². The standard InChI is InChI=1S/C42H33BrN6O2/c1-3-38-44-28(2)36(27-50)48(38)26-29-23-24-37-35(25-29)39(43)40(51-37)33-21-13-14-22-34(33)41-45-47-49(46-41)42(30-15-7-4-8-16-30,31-17-9-5-10-18-31)32-19-11-6-12-20-32/h4-25,27H,3,26H2,1-2H3. The van der Waals surface area contributed by atoms with Gasteiger partial charge in [-0.1, -0.05) is 128 Å². The van der Waals surface area contributed by atoms with Crippen molar-refractivity contribution in [1.29, 1.82) is 0 Å². The van der Waals surface area contributed by atoms with E-state index in [1.54, 1.807) is 4.80 Å². The van der Waals surface area contributed by atoms with E-state index in [9.17, 15) is 4.79 Å². The number of rotatable bonds is 10. The van der Waals surface area contributed by atoms with Crippen LogP contribution in [0.2, 0.25) is 0 Å². The maximum Gasteiger partial charge on any atom is 0.205 e. The Morgan fingerprint density at radius 1 is 0.784 bits per heavy atom. The molecule has 0 aliphatic carbocycles. The molecule has 0 amide bonds. The Hall–Kier alpha value is -5.93. The minimum absolute atomic E-state index is 0.467. The Kier molecular flexibility index (Phi) is 8.49. The van der Waals surface area contributed by atoms with Crippen LogP contribution in [0.3, 0.4) is 0 Å². The van der Waals surface area contributed by atoms with E-state index in [1.165, 1.54) is 0 Å². The summed E-state index contributed by atoms with van der Waals surface area (Å²) in [6.07, 6.45) is 1.62. The largest absolute Gasteiger partial charge is 0.455 e. The lowest BCUT2D eigenvalue weighted by Gasteiger charge is -2.34. The monoisotopic (exact) mass is 732 g/mol. The second-order valence-electron chi connectivity index (χ2n) is 12.4. The van der Waals surface area contributed by atoms with E-state index >= 15 is 0 Å². The van der Waals surface area contributed by atoms with Crippen LogP contribution in [0.15, 0.2) is 142 Å². The van der Waals surface area contributed by atoms with Gasteiger partial charge in [0.15, 0.2) is 11.8 Å². The zero-order valence-corrected chi connectivity index (χ0v) is 29.7. The van der Waals surface area contributed by atoms with Crippen LogP contribution in [0.5, 0.6) is 0 Å². The number of aldehydes is 1. The number of furan rings is 1. The van der Waals surface area contributed by atoms with Crippen molar-refractivity contribution in [3.63, 3.8) is 0 Å². The van der Waals surface area contributed by atoms with Crippen molar-refractivity contribution in [2.45, 2.75) is 32.4 Å². The number of hydrogen-bond acceptors (Lipinski definition) is 6. The second kappa shape index (κ2) is 13.4. The minimum atomic E-state index is -0.893. The van der Waals surface area contributed by atoms with E-state index in [0.29, 0.717) is 23.8 Å². The molecule has 0 saturated carbocycles. The van der Waals surface area contributed by atoms with Gasteiger partial charge < -0.3 is 8.98 Å². The number of imidazole rings is 1. The van der Waals surface area contributed by atoms with E-state index in [4.69, 9.17) is 19.8 Å². The molecule has 0 aliphatic heterocycles. The van der Waals surface area contributed by atoms with Crippen LogP contribution < -0.4 is 0 Å². The number of carbonyl (C=O) groups is 1. The highest BCUT2D eigenvalue weighted by Gasteiger charge is 2.41. The first kappa shape index (κ1) is 32.3. The van der Waals surface area contributed by atoms with Gasteiger partial charge in [-0.2, -0.15) is 0 Å². The van der Waals surface area contributed by atoms with Crippen LogP contribution in [0.4, 0.5) is 0 Å². The summed E-state index contributed by atoms with van der Waals surface area (Å²) in [7, 11) is 0. The number of benzene rings is 5.